The standard InChI is InChI=1S/C14H16FN5O2S/c15-11-4-2-1-3-10(11)13-17-18-14(20(13)16)23-9-12(21)19-5-7-22-8-6-19/h1-4H,5-9,16H2. The zero-order valence-electron chi connectivity index (χ0n) is 12.3. The normalized spacial score (nSPS) is 14.9. The van der Waals surface area contributed by atoms with Crippen molar-refractivity contribution in [1.82, 2.24) is 19.8 Å². The lowest BCUT2D eigenvalue weighted by Crippen LogP contribution is -2.41. The predicted octanol–water partition coefficient (Wildman–Crippen LogP) is 0.749. The van der Waals surface area contributed by atoms with E-state index < -0.39 is 5.82 Å². The van der Waals surface area contributed by atoms with Gasteiger partial charge in [0.25, 0.3) is 0 Å². The number of hydrogen-bond donors (Lipinski definition) is 1. The topological polar surface area (TPSA) is 86.3 Å². The van der Waals surface area contributed by atoms with E-state index in [2.05, 4.69) is 10.2 Å². The van der Waals surface area contributed by atoms with Crippen molar-refractivity contribution in [2.24, 2.45) is 0 Å². The summed E-state index contributed by atoms with van der Waals surface area (Å²) in [5.41, 5.74) is 0.272. The molecule has 122 valence electrons. The molecular weight excluding hydrogens is 321 g/mol. The highest BCUT2D eigenvalue weighted by Crippen LogP contribution is 2.23. The first kappa shape index (κ1) is 15.8. The summed E-state index contributed by atoms with van der Waals surface area (Å²) in [6.45, 7) is 2.30. The molecule has 1 aliphatic rings. The van der Waals surface area contributed by atoms with E-state index in [1.165, 1.54) is 22.5 Å². The largest absolute Gasteiger partial charge is 0.378 e. The minimum Gasteiger partial charge on any atom is -0.378 e. The second-order valence-corrected chi connectivity index (χ2v) is 5.88. The minimum absolute atomic E-state index is 0.00579. The van der Waals surface area contributed by atoms with E-state index >= 15 is 0 Å². The Hall–Kier alpha value is -2.13. The van der Waals surface area contributed by atoms with Crippen LogP contribution in [0.2, 0.25) is 0 Å². The van der Waals surface area contributed by atoms with E-state index in [1.54, 1.807) is 23.1 Å². The number of thioether (sulfide) groups is 1. The third-order valence-electron chi connectivity index (χ3n) is 3.47. The van der Waals surface area contributed by atoms with E-state index in [9.17, 15) is 9.18 Å². The Morgan fingerprint density at radius 1 is 1.30 bits per heavy atom. The van der Waals surface area contributed by atoms with Crippen molar-refractivity contribution in [2.45, 2.75) is 5.16 Å². The molecule has 0 saturated carbocycles. The van der Waals surface area contributed by atoms with Gasteiger partial charge in [-0.1, -0.05) is 23.9 Å². The average Bonchev–Trinajstić information content (AvgIpc) is 2.94. The molecule has 0 spiro atoms. The average molecular weight is 337 g/mol. The van der Waals surface area contributed by atoms with E-state index in [0.29, 0.717) is 31.5 Å². The first-order chi connectivity index (χ1) is 11.2. The Balaban J connectivity index is 1.68. The molecule has 0 aliphatic carbocycles. The highest BCUT2D eigenvalue weighted by atomic mass is 32.2. The number of benzene rings is 1. The predicted molar refractivity (Wildman–Crippen MR) is 83.7 cm³/mol. The summed E-state index contributed by atoms with van der Waals surface area (Å²) in [4.78, 5) is 13.8. The Labute approximate surface area is 136 Å². The van der Waals surface area contributed by atoms with Crippen molar-refractivity contribution < 1.29 is 13.9 Å². The van der Waals surface area contributed by atoms with Crippen LogP contribution in [0.15, 0.2) is 29.4 Å². The quantitative estimate of drug-likeness (QED) is 0.654. The van der Waals surface area contributed by atoms with Gasteiger partial charge in [-0.05, 0) is 12.1 Å². The molecule has 1 aromatic heterocycles. The fourth-order valence-electron chi connectivity index (χ4n) is 2.23. The first-order valence-corrected chi connectivity index (χ1v) is 8.09. The maximum Gasteiger partial charge on any atom is 0.233 e. The molecule has 7 nitrogen and oxygen atoms in total. The molecule has 1 aliphatic heterocycles. The highest BCUT2D eigenvalue weighted by Gasteiger charge is 2.20. The van der Waals surface area contributed by atoms with Gasteiger partial charge in [0, 0.05) is 13.1 Å². The number of halogens is 1. The Kier molecular flexibility index (Phi) is 4.77. The molecule has 0 unspecified atom stereocenters. The van der Waals surface area contributed by atoms with Crippen molar-refractivity contribution in [3.8, 4) is 11.4 Å². The molecule has 1 fully saturated rings. The number of ether oxygens (including phenoxy) is 1. The van der Waals surface area contributed by atoms with Crippen LogP contribution < -0.4 is 5.84 Å². The lowest BCUT2D eigenvalue weighted by molar-refractivity contribution is -0.132. The summed E-state index contributed by atoms with van der Waals surface area (Å²) in [7, 11) is 0. The number of nitrogen functional groups attached to an aromatic ring is 1. The van der Waals surface area contributed by atoms with E-state index in [0.717, 1.165) is 0 Å². The second-order valence-electron chi connectivity index (χ2n) is 4.94. The zero-order valence-corrected chi connectivity index (χ0v) is 13.1. The number of nitrogens with two attached hydrogens (primary N) is 1. The van der Waals surface area contributed by atoms with Gasteiger partial charge in [-0.2, -0.15) is 0 Å². The fourth-order valence-corrected chi connectivity index (χ4v) is 2.99. The van der Waals surface area contributed by atoms with Crippen LogP contribution in [-0.4, -0.2) is 57.7 Å². The van der Waals surface area contributed by atoms with Crippen LogP contribution in [0.3, 0.4) is 0 Å². The van der Waals surface area contributed by atoms with Crippen molar-refractivity contribution in [1.29, 1.82) is 0 Å². The molecule has 9 heteroatoms. The summed E-state index contributed by atoms with van der Waals surface area (Å²) in [5.74, 6) is 5.93. The first-order valence-electron chi connectivity index (χ1n) is 7.10. The number of nitrogens with zero attached hydrogens (tertiary/aromatic N) is 4. The summed E-state index contributed by atoms with van der Waals surface area (Å²) in [5, 5.41) is 8.22. The van der Waals surface area contributed by atoms with Gasteiger partial charge in [-0.15, -0.1) is 10.2 Å². The number of rotatable bonds is 4. The Morgan fingerprint density at radius 2 is 2.04 bits per heavy atom. The van der Waals surface area contributed by atoms with Crippen LogP contribution in [0.4, 0.5) is 4.39 Å². The fraction of sp³-hybridized carbons (Fsp3) is 0.357. The van der Waals surface area contributed by atoms with Crippen molar-refractivity contribution in [2.75, 3.05) is 37.9 Å². The lowest BCUT2D eigenvalue weighted by Gasteiger charge is -2.26. The maximum atomic E-state index is 13.8. The van der Waals surface area contributed by atoms with Gasteiger partial charge in [-0.25, -0.2) is 9.07 Å². The highest BCUT2D eigenvalue weighted by molar-refractivity contribution is 7.99. The number of amides is 1. The number of carbonyl (C=O) groups is 1. The van der Waals surface area contributed by atoms with E-state index in [1.807, 2.05) is 0 Å². The molecule has 0 bridgehead atoms. The van der Waals surface area contributed by atoms with Gasteiger partial charge in [0.05, 0.1) is 24.5 Å². The Bertz CT molecular complexity index is 702. The van der Waals surface area contributed by atoms with Gasteiger partial charge in [0.1, 0.15) is 5.82 Å². The molecule has 2 N–H and O–H groups in total. The van der Waals surface area contributed by atoms with Gasteiger partial charge >= 0.3 is 0 Å². The molecule has 0 atom stereocenters. The van der Waals surface area contributed by atoms with E-state index in [-0.39, 0.29) is 23.0 Å². The third-order valence-corrected chi connectivity index (χ3v) is 4.40. The van der Waals surface area contributed by atoms with Crippen LogP contribution >= 0.6 is 11.8 Å². The number of aromatic nitrogens is 3. The summed E-state index contributed by atoms with van der Waals surface area (Å²) in [6, 6.07) is 6.20. The molecule has 1 amide bonds. The van der Waals surface area contributed by atoms with Crippen molar-refractivity contribution in [3.05, 3.63) is 30.1 Å². The molecule has 0 radical (unpaired) electrons. The monoisotopic (exact) mass is 337 g/mol. The second kappa shape index (κ2) is 6.97. The van der Waals surface area contributed by atoms with Crippen molar-refractivity contribution >= 4 is 17.7 Å². The van der Waals surface area contributed by atoms with Crippen molar-refractivity contribution in [3.63, 3.8) is 0 Å². The SMILES string of the molecule is Nn1c(SCC(=O)N2CCOCC2)nnc1-c1ccccc1F. The molecule has 3 rings (SSSR count). The van der Waals surface area contributed by atoms with Gasteiger partial charge in [0.2, 0.25) is 11.1 Å². The van der Waals surface area contributed by atoms with Crippen LogP contribution in [0, 0.1) is 5.82 Å². The maximum absolute atomic E-state index is 13.8. The third kappa shape index (κ3) is 3.45. The number of hydrogen-bond acceptors (Lipinski definition) is 6. The van der Waals surface area contributed by atoms with Gasteiger partial charge < -0.3 is 15.5 Å². The zero-order chi connectivity index (χ0) is 16.2. The van der Waals surface area contributed by atoms with Gasteiger partial charge in [0.15, 0.2) is 5.82 Å². The van der Waals surface area contributed by atoms with Crippen LogP contribution in [0.1, 0.15) is 0 Å². The number of carbonyl (C=O) groups excluding carboxylic acids is 1. The summed E-state index contributed by atoms with van der Waals surface area (Å²) >= 11 is 1.18. The molecule has 1 saturated heterocycles. The van der Waals surface area contributed by atoms with Crippen LogP contribution in [-0.2, 0) is 9.53 Å². The smallest absolute Gasteiger partial charge is 0.233 e. The minimum atomic E-state index is -0.424. The molecule has 1 aromatic carbocycles. The lowest BCUT2D eigenvalue weighted by atomic mass is 10.2. The number of morpholine rings is 1. The molecule has 2 heterocycles. The van der Waals surface area contributed by atoms with E-state index in [4.69, 9.17) is 10.6 Å². The van der Waals surface area contributed by atoms with Crippen LogP contribution in [0.25, 0.3) is 11.4 Å². The molecule has 2 aromatic rings. The molecular formula is C14H16FN5O2S. The summed E-state index contributed by atoms with van der Waals surface area (Å²) < 4.78 is 20.2. The van der Waals surface area contributed by atoms with Crippen LogP contribution in [0.5, 0.6) is 0 Å². The molecule has 23 heavy (non-hydrogen) atoms. The Morgan fingerprint density at radius 3 is 2.78 bits per heavy atom. The van der Waals surface area contributed by atoms with Gasteiger partial charge in [-0.3, -0.25) is 4.79 Å². The summed E-state index contributed by atoms with van der Waals surface area (Å²) in [6.07, 6.45) is 0.